The zero-order valence-electron chi connectivity index (χ0n) is 11.3. The summed E-state index contributed by atoms with van der Waals surface area (Å²) in [6, 6.07) is 6.43. The Balaban J connectivity index is 1.98. The van der Waals surface area contributed by atoms with Crippen molar-refractivity contribution in [3.8, 4) is 0 Å². The topological polar surface area (TPSA) is 41.5 Å². The first-order valence-electron chi connectivity index (χ1n) is 6.73. The monoisotopic (exact) mass is 249 g/mol. The van der Waals surface area contributed by atoms with Crippen LogP contribution in [0.3, 0.4) is 0 Å². The zero-order chi connectivity index (χ0) is 13.0. The van der Waals surface area contributed by atoms with Crippen LogP contribution in [0.1, 0.15) is 35.6 Å². The zero-order valence-corrected chi connectivity index (χ0v) is 11.3. The Morgan fingerprint density at radius 2 is 2.06 bits per heavy atom. The Morgan fingerprint density at radius 3 is 2.61 bits per heavy atom. The average Bonchev–Trinajstić information content (AvgIpc) is 2.81. The Labute approximate surface area is 109 Å². The molecule has 0 spiro atoms. The Morgan fingerprint density at radius 1 is 1.33 bits per heavy atom. The molecule has 0 radical (unpaired) electrons. The molecule has 3 nitrogen and oxygen atoms in total. The van der Waals surface area contributed by atoms with Crippen LogP contribution in [0.4, 0.5) is 0 Å². The van der Waals surface area contributed by atoms with E-state index >= 15 is 0 Å². The quantitative estimate of drug-likeness (QED) is 0.839. The summed E-state index contributed by atoms with van der Waals surface area (Å²) in [7, 11) is 0. The van der Waals surface area contributed by atoms with Crippen molar-refractivity contribution in [1.82, 2.24) is 5.32 Å². The highest BCUT2D eigenvalue weighted by Gasteiger charge is 2.18. The van der Waals surface area contributed by atoms with E-state index in [4.69, 9.17) is 4.74 Å². The van der Waals surface area contributed by atoms with Gasteiger partial charge in [0.25, 0.3) is 0 Å². The summed E-state index contributed by atoms with van der Waals surface area (Å²) in [5, 5.41) is 12.9. The molecule has 2 N–H and O–H groups in total. The molecule has 0 aliphatic carbocycles. The van der Waals surface area contributed by atoms with E-state index in [2.05, 4.69) is 37.4 Å². The molecule has 1 aromatic carbocycles. The van der Waals surface area contributed by atoms with Crippen LogP contribution < -0.4 is 5.32 Å². The second-order valence-electron chi connectivity index (χ2n) is 5.20. The second-order valence-corrected chi connectivity index (χ2v) is 5.20. The third-order valence-corrected chi connectivity index (χ3v) is 3.44. The molecule has 1 aliphatic rings. The van der Waals surface area contributed by atoms with Crippen molar-refractivity contribution in [1.29, 1.82) is 0 Å². The minimum absolute atomic E-state index is 0.00722. The van der Waals surface area contributed by atoms with Crippen molar-refractivity contribution < 1.29 is 9.84 Å². The molecule has 1 aromatic rings. The minimum Gasteiger partial charge on any atom is -0.394 e. The normalized spacial score (nSPS) is 21.2. The van der Waals surface area contributed by atoms with Crippen molar-refractivity contribution >= 4 is 0 Å². The van der Waals surface area contributed by atoms with Crippen LogP contribution in [0, 0.1) is 13.8 Å². The van der Waals surface area contributed by atoms with Gasteiger partial charge in [0, 0.05) is 13.2 Å². The van der Waals surface area contributed by atoms with E-state index < -0.39 is 0 Å². The van der Waals surface area contributed by atoms with Gasteiger partial charge in [-0.3, -0.25) is 0 Å². The number of aryl methyl sites for hydroxylation is 2. The first-order chi connectivity index (χ1) is 8.69. The van der Waals surface area contributed by atoms with Crippen molar-refractivity contribution in [2.24, 2.45) is 0 Å². The predicted octanol–water partition coefficient (Wildman–Crippen LogP) is 2.11. The fraction of sp³-hybridized carbons (Fsp3) is 0.600. The molecule has 2 atom stereocenters. The van der Waals surface area contributed by atoms with Crippen LogP contribution in [-0.2, 0) is 4.74 Å². The molecule has 0 amide bonds. The largest absolute Gasteiger partial charge is 0.394 e. The van der Waals surface area contributed by atoms with E-state index in [1.165, 1.54) is 11.1 Å². The number of aliphatic hydroxyl groups excluding tert-OH is 1. The summed E-state index contributed by atoms with van der Waals surface area (Å²) in [4.78, 5) is 0. The molecule has 1 aliphatic heterocycles. The molecule has 1 heterocycles. The summed E-state index contributed by atoms with van der Waals surface area (Å²) in [6.45, 7) is 5.99. The van der Waals surface area contributed by atoms with Gasteiger partial charge in [-0.2, -0.15) is 0 Å². The van der Waals surface area contributed by atoms with Gasteiger partial charge in [-0.15, -0.1) is 0 Å². The van der Waals surface area contributed by atoms with Crippen molar-refractivity contribution in [3.63, 3.8) is 0 Å². The number of ether oxygens (including phenoxy) is 1. The highest BCUT2D eigenvalue weighted by molar-refractivity contribution is 5.30. The third-order valence-electron chi connectivity index (χ3n) is 3.44. The SMILES string of the molecule is Cc1cc(C)cc(C(CO)NCC2CCCO2)c1. The molecule has 2 rings (SSSR count). The molecule has 3 heteroatoms. The molecular weight excluding hydrogens is 226 g/mol. The highest BCUT2D eigenvalue weighted by atomic mass is 16.5. The minimum atomic E-state index is 0.00722. The number of hydrogen-bond acceptors (Lipinski definition) is 3. The molecule has 100 valence electrons. The van der Waals surface area contributed by atoms with Gasteiger partial charge in [-0.05, 0) is 32.3 Å². The van der Waals surface area contributed by atoms with Gasteiger partial charge in [0.15, 0.2) is 0 Å². The lowest BCUT2D eigenvalue weighted by atomic mass is 10.0. The second kappa shape index (κ2) is 6.32. The van der Waals surface area contributed by atoms with Crippen LogP contribution in [0.15, 0.2) is 18.2 Å². The standard InChI is InChI=1S/C15H23NO2/c1-11-6-12(2)8-13(7-11)15(10-17)16-9-14-4-3-5-18-14/h6-8,14-17H,3-5,9-10H2,1-2H3. The van der Waals surface area contributed by atoms with Gasteiger partial charge in [-0.25, -0.2) is 0 Å². The number of benzene rings is 1. The summed E-state index contributed by atoms with van der Waals surface area (Å²) >= 11 is 0. The highest BCUT2D eigenvalue weighted by Crippen LogP contribution is 2.18. The van der Waals surface area contributed by atoms with Crippen molar-refractivity contribution in [2.45, 2.75) is 38.8 Å². The van der Waals surface area contributed by atoms with E-state index in [0.717, 1.165) is 31.6 Å². The van der Waals surface area contributed by atoms with E-state index in [0.29, 0.717) is 6.10 Å². The molecule has 2 unspecified atom stereocenters. The van der Waals surface area contributed by atoms with Crippen LogP contribution in [0.2, 0.25) is 0 Å². The Kier molecular flexibility index (Phi) is 4.75. The first kappa shape index (κ1) is 13.5. The predicted molar refractivity (Wildman–Crippen MR) is 72.7 cm³/mol. The van der Waals surface area contributed by atoms with Crippen molar-refractivity contribution in [2.75, 3.05) is 19.8 Å². The van der Waals surface area contributed by atoms with E-state index in [1.807, 2.05) is 0 Å². The van der Waals surface area contributed by atoms with Gasteiger partial charge in [0.05, 0.1) is 18.8 Å². The van der Waals surface area contributed by atoms with E-state index in [9.17, 15) is 5.11 Å². The van der Waals surface area contributed by atoms with Crippen molar-refractivity contribution in [3.05, 3.63) is 34.9 Å². The lowest BCUT2D eigenvalue weighted by molar-refractivity contribution is 0.104. The van der Waals surface area contributed by atoms with Crippen LogP contribution in [0.5, 0.6) is 0 Å². The summed E-state index contributed by atoms with van der Waals surface area (Å²) in [6.07, 6.45) is 2.59. The maximum atomic E-state index is 9.53. The molecule has 0 bridgehead atoms. The van der Waals surface area contributed by atoms with Crippen LogP contribution in [-0.4, -0.2) is 31.0 Å². The molecule has 18 heavy (non-hydrogen) atoms. The van der Waals surface area contributed by atoms with Gasteiger partial charge < -0.3 is 15.2 Å². The Hall–Kier alpha value is -0.900. The van der Waals surface area contributed by atoms with Gasteiger partial charge >= 0.3 is 0 Å². The fourth-order valence-electron chi connectivity index (χ4n) is 2.58. The lowest BCUT2D eigenvalue weighted by Crippen LogP contribution is -2.32. The van der Waals surface area contributed by atoms with Gasteiger partial charge in [-0.1, -0.05) is 29.3 Å². The number of rotatable bonds is 5. The first-order valence-corrected chi connectivity index (χ1v) is 6.73. The summed E-state index contributed by atoms with van der Waals surface area (Å²) in [5.74, 6) is 0. The third kappa shape index (κ3) is 3.55. The van der Waals surface area contributed by atoms with Gasteiger partial charge in [0.2, 0.25) is 0 Å². The maximum absolute atomic E-state index is 9.53. The van der Waals surface area contributed by atoms with Crippen LogP contribution in [0.25, 0.3) is 0 Å². The molecule has 1 saturated heterocycles. The number of hydrogen-bond donors (Lipinski definition) is 2. The van der Waals surface area contributed by atoms with E-state index in [-0.39, 0.29) is 12.6 Å². The number of nitrogens with one attached hydrogen (secondary N) is 1. The maximum Gasteiger partial charge on any atom is 0.0700 e. The molecule has 0 aromatic heterocycles. The molecular formula is C15H23NO2. The van der Waals surface area contributed by atoms with E-state index in [1.54, 1.807) is 0 Å². The Bertz CT molecular complexity index is 366. The average molecular weight is 249 g/mol. The van der Waals surface area contributed by atoms with Crippen LogP contribution >= 0.6 is 0 Å². The molecule has 1 fully saturated rings. The molecule has 0 saturated carbocycles. The number of aliphatic hydroxyl groups is 1. The summed E-state index contributed by atoms with van der Waals surface area (Å²) in [5.41, 5.74) is 3.64. The smallest absolute Gasteiger partial charge is 0.0700 e. The summed E-state index contributed by atoms with van der Waals surface area (Å²) < 4.78 is 5.59. The van der Waals surface area contributed by atoms with Gasteiger partial charge in [0.1, 0.15) is 0 Å². The lowest BCUT2D eigenvalue weighted by Gasteiger charge is -2.20. The fourth-order valence-corrected chi connectivity index (χ4v) is 2.58.